The number of hydrogen-bond acceptors (Lipinski definition) is 3. The fraction of sp³-hybridized carbons (Fsp3) is 0.471. The van der Waals surface area contributed by atoms with Gasteiger partial charge in [-0.1, -0.05) is 30.3 Å². The summed E-state index contributed by atoms with van der Waals surface area (Å²) in [6, 6.07) is 10.3. The van der Waals surface area contributed by atoms with Gasteiger partial charge in [-0.05, 0) is 30.7 Å². The third kappa shape index (κ3) is 2.63. The molecule has 5 heteroatoms. The number of hydrogen-bond donors (Lipinski definition) is 1. The van der Waals surface area contributed by atoms with E-state index in [-0.39, 0.29) is 17.9 Å². The van der Waals surface area contributed by atoms with Crippen molar-refractivity contribution in [3.05, 3.63) is 48.0 Å². The Morgan fingerprint density at radius 2 is 2.05 bits per heavy atom. The Hall–Kier alpha value is -2.17. The Bertz CT molecular complexity index is 662. The van der Waals surface area contributed by atoms with Gasteiger partial charge in [-0.3, -0.25) is 4.79 Å². The van der Waals surface area contributed by atoms with E-state index in [0.717, 1.165) is 43.6 Å². The Balaban J connectivity index is 1.47. The van der Waals surface area contributed by atoms with Gasteiger partial charge >= 0.3 is 0 Å². The van der Waals surface area contributed by atoms with Crippen LogP contribution in [-0.2, 0) is 17.8 Å². The molecule has 1 N–H and O–H groups in total. The molecule has 1 aromatic carbocycles. The SMILES string of the molecule is O=C(NC1CCc2ncnn2C1)C(c1ccccc1)C1CC1. The summed E-state index contributed by atoms with van der Waals surface area (Å²) in [6.07, 6.45) is 5.73. The molecule has 0 bridgehead atoms. The molecule has 2 aliphatic rings. The van der Waals surface area contributed by atoms with Crippen LogP contribution < -0.4 is 5.32 Å². The minimum Gasteiger partial charge on any atom is -0.351 e. The maximum atomic E-state index is 12.8. The van der Waals surface area contributed by atoms with Crippen molar-refractivity contribution in [2.24, 2.45) is 5.92 Å². The minimum atomic E-state index is -0.00153. The summed E-state index contributed by atoms with van der Waals surface area (Å²) in [4.78, 5) is 17.0. The summed E-state index contributed by atoms with van der Waals surface area (Å²) >= 11 is 0. The van der Waals surface area contributed by atoms with Crippen LogP contribution in [0.25, 0.3) is 0 Å². The first-order valence-corrected chi connectivity index (χ1v) is 8.03. The number of amides is 1. The van der Waals surface area contributed by atoms with E-state index in [1.807, 2.05) is 22.9 Å². The van der Waals surface area contributed by atoms with Crippen LogP contribution in [0.1, 0.15) is 36.6 Å². The molecule has 2 heterocycles. The topological polar surface area (TPSA) is 59.8 Å². The fourth-order valence-corrected chi connectivity index (χ4v) is 3.37. The van der Waals surface area contributed by atoms with Gasteiger partial charge in [-0.15, -0.1) is 0 Å². The highest BCUT2D eigenvalue weighted by Crippen LogP contribution is 2.42. The monoisotopic (exact) mass is 296 g/mol. The van der Waals surface area contributed by atoms with Crippen molar-refractivity contribution >= 4 is 5.91 Å². The van der Waals surface area contributed by atoms with Crippen molar-refractivity contribution in [1.82, 2.24) is 20.1 Å². The molecule has 1 aliphatic heterocycles. The Labute approximate surface area is 129 Å². The predicted octanol–water partition coefficient (Wildman–Crippen LogP) is 1.90. The lowest BCUT2D eigenvalue weighted by molar-refractivity contribution is -0.124. The highest BCUT2D eigenvalue weighted by atomic mass is 16.2. The van der Waals surface area contributed by atoms with Crippen molar-refractivity contribution in [2.45, 2.75) is 44.2 Å². The zero-order chi connectivity index (χ0) is 14.9. The Kier molecular flexibility index (Phi) is 3.41. The van der Waals surface area contributed by atoms with Crippen molar-refractivity contribution in [3.63, 3.8) is 0 Å². The number of rotatable bonds is 4. The summed E-state index contributed by atoms with van der Waals surface area (Å²) in [5.74, 6) is 1.70. The van der Waals surface area contributed by atoms with E-state index in [1.54, 1.807) is 6.33 Å². The van der Waals surface area contributed by atoms with Gasteiger partial charge in [-0.25, -0.2) is 9.67 Å². The number of nitrogens with one attached hydrogen (secondary N) is 1. The van der Waals surface area contributed by atoms with E-state index in [2.05, 4.69) is 27.5 Å². The number of fused-ring (bicyclic) bond motifs is 1. The molecule has 1 aromatic heterocycles. The molecule has 5 nitrogen and oxygen atoms in total. The molecule has 4 rings (SSSR count). The number of carbonyl (C=O) groups is 1. The van der Waals surface area contributed by atoms with Crippen molar-refractivity contribution < 1.29 is 4.79 Å². The van der Waals surface area contributed by atoms with Crippen LogP contribution in [0.5, 0.6) is 0 Å². The highest BCUT2D eigenvalue weighted by Gasteiger charge is 2.38. The number of benzene rings is 1. The molecular weight excluding hydrogens is 276 g/mol. The van der Waals surface area contributed by atoms with Crippen molar-refractivity contribution in [1.29, 1.82) is 0 Å². The van der Waals surface area contributed by atoms with Crippen LogP contribution in [0.4, 0.5) is 0 Å². The van der Waals surface area contributed by atoms with Gasteiger partial charge in [-0.2, -0.15) is 5.10 Å². The van der Waals surface area contributed by atoms with Crippen LogP contribution >= 0.6 is 0 Å². The minimum absolute atomic E-state index is 0.00153. The van der Waals surface area contributed by atoms with Gasteiger partial charge in [0.05, 0.1) is 12.5 Å². The largest absolute Gasteiger partial charge is 0.351 e. The van der Waals surface area contributed by atoms with Crippen molar-refractivity contribution in [2.75, 3.05) is 0 Å². The summed E-state index contributed by atoms with van der Waals surface area (Å²) < 4.78 is 1.91. The molecule has 2 aromatic rings. The summed E-state index contributed by atoms with van der Waals surface area (Å²) in [5, 5.41) is 7.46. The van der Waals surface area contributed by atoms with E-state index < -0.39 is 0 Å². The zero-order valence-corrected chi connectivity index (χ0v) is 12.5. The fourth-order valence-electron chi connectivity index (χ4n) is 3.37. The third-order valence-corrected chi connectivity index (χ3v) is 4.69. The Morgan fingerprint density at radius 1 is 1.23 bits per heavy atom. The van der Waals surface area contributed by atoms with Gasteiger partial charge in [0.1, 0.15) is 12.2 Å². The maximum Gasteiger partial charge on any atom is 0.228 e. The van der Waals surface area contributed by atoms with Gasteiger partial charge in [0.2, 0.25) is 5.91 Å². The second-order valence-electron chi connectivity index (χ2n) is 6.33. The second-order valence-corrected chi connectivity index (χ2v) is 6.33. The average Bonchev–Trinajstić information content (AvgIpc) is 3.25. The first-order chi connectivity index (χ1) is 10.8. The molecule has 22 heavy (non-hydrogen) atoms. The van der Waals surface area contributed by atoms with E-state index >= 15 is 0 Å². The highest BCUT2D eigenvalue weighted by molar-refractivity contribution is 5.84. The number of aromatic nitrogens is 3. The van der Waals surface area contributed by atoms with E-state index in [4.69, 9.17) is 0 Å². The van der Waals surface area contributed by atoms with Crippen molar-refractivity contribution in [3.8, 4) is 0 Å². The summed E-state index contributed by atoms with van der Waals surface area (Å²) in [5.41, 5.74) is 1.14. The second kappa shape index (κ2) is 5.55. The zero-order valence-electron chi connectivity index (χ0n) is 12.5. The molecule has 1 fully saturated rings. The van der Waals surface area contributed by atoms with Gasteiger partial charge in [0.15, 0.2) is 0 Å². The normalized spacial score (nSPS) is 21.9. The molecule has 0 spiro atoms. The van der Waals surface area contributed by atoms with Gasteiger partial charge < -0.3 is 5.32 Å². The van der Waals surface area contributed by atoms with Gasteiger partial charge in [0, 0.05) is 12.5 Å². The quantitative estimate of drug-likeness (QED) is 0.937. The smallest absolute Gasteiger partial charge is 0.228 e. The lowest BCUT2D eigenvalue weighted by Crippen LogP contribution is -2.43. The maximum absolute atomic E-state index is 12.8. The summed E-state index contributed by atoms with van der Waals surface area (Å²) in [6.45, 7) is 0.729. The first kappa shape index (κ1) is 13.5. The number of aryl methyl sites for hydroxylation is 1. The van der Waals surface area contributed by atoms with Crippen LogP contribution in [0.3, 0.4) is 0 Å². The molecular formula is C17H20N4O. The standard InChI is InChI=1S/C17H20N4O/c22-17(16(13-6-7-13)12-4-2-1-3-5-12)20-14-8-9-15-18-11-19-21(15)10-14/h1-5,11,13-14,16H,6-10H2,(H,20,22). The van der Waals surface area contributed by atoms with Crippen LogP contribution in [0.15, 0.2) is 36.7 Å². The summed E-state index contributed by atoms with van der Waals surface area (Å²) in [7, 11) is 0. The molecule has 0 radical (unpaired) electrons. The molecule has 1 saturated carbocycles. The lowest BCUT2D eigenvalue weighted by Gasteiger charge is -2.26. The predicted molar refractivity (Wildman–Crippen MR) is 82.2 cm³/mol. The average molecular weight is 296 g/mol. The molecule has 2 unspecified atom stereocenters. The molecule has 1 amide bonds. The van der Waals surface area contributed by atoms with E-state index in [1.165, 1.54) is 0 Å². The van der Waals surface area contributed by atoms with Gasteiger partial charge in [0.25, 0.3) is 0 Å². The molecule has 2 atom stereocenters. The van der Waals surface area contributed by atoms with Crippen LogP contribution in [-0.4, -0.2) is 26.7 Å². The molecule has 114 valence electrons. The van der Waals surface area contributed by atoms with E-state index in [9.17, 15) is 4.79 Å². The van der Waals surface area contributed by atoms with E-state index in [0.29, 0.717) is 5.92 Å². The van der Waals surface area contributed by atoms with Crippen LogP contribution in [0, 0.1) is 5.92 Å². The third-order valence-electron chi connectivity index (χ3n) is 4.69. The lowest BCUT2D eigenvalue weighted by atomic mass is 9.92. The first-order valence-electron chi connectivity index (χ1n) is 8.03. The number of carbonyl (C=O) groups excluding carboxylic acids is 1. The molecule has 1 aliphatic carbocycles. The molecule has 0 saturated heterocycles. The van der Waals surface area contributed by atoms with Crippen LogP contribution in [0.2, 0.25) is 0 Å². The Morgan fingerprint density at radius 3 is 2.82 bits per heavy atom. The number of nitrogens with zero attached hydrogens (tertiary/aromatic N) is 3.